The second-order valence-corrected chi connectivity index (χ2v) is 9.97. The lowest BCUT2D eigenvalue weighted by Gasteiger charge is -2.34. The first-order valence-corrected chi connectivity index (χ1v) is 13.1. The number of aromatic nitrogens is 3. The molecule has 5 aromatic rings. The Balaban J connectivity index is 1.16. The van der Waals surface area contributed by atoms with Crippen molar-refractivity contribution in [2.45, 2.75) is 0 Å². The molecule has 39 heavy (non-hydrogen) atoms. The molecule has 1 saturated heterocycles. The molecule has 1 fully saturated rings. The number of aryl methyl sites for hydroxylation is 1. The molecule has 9 heteroatoms. The summed E-state index contributed by atoms with van der Waals surface area (Å²) < 4.78 is 13.6. The van der Waals surface area contributed by atoms with E-state index < -0.39 is 0 Å². The molecule has 9 nitrogen and oxygen atoms in total. The molecular formula is C30H32N6O3. The highest BCUT2D eigenvalue weighted by Crippen LogP contribution is 2.38. The third-order valence-corrected chi connectivity index (χ3v) is 7.34. The lowest BCUT2D eigenvalue weighted by Crippen LogP contribution is -2.44. The summed E-state index contributed by atoms with van der Waals surface area (Å²) in [5, 5.41) is 4.99. The second-order valence-electron chi connectivity index (χ2n) is 9.97. The van der Waals surface area contributed by atoms with Gasteiger partial charge in [-0.25, -0.2) is 4.98 Å². The molecule has 0 unspecified atom stereocenters. The smallest absolute Gasteiger partial charge is 0.262 e. The summed E-state index contributed by atoms with van der Waals surface area (Å²) in [5.74, 6) is 0.841. The fourth-order valence-corrected chi connectivity index (χ4v) is 5.14. The molecule has 200 valence electrons. The number of aromatic amines is 1. The van der Waals surface area contributed by atoms with Gasteiger partial charge in [-0.3, -0.25) is 4.79 Å². The third kappa shape index (κ3) is 5.00. The molecule has 6 rings (SSSR count). The van der Waals surface area contributed by atoms with Crippen LogP contribution in [0.15, 0.2) is 67.0 Å². The topological polar surface area (TPSA) is 87.6 Å². The molecule has 1 amide bonds. The Morgan fingerprint density at radius 2 is 1.82 bits per heavy atom. The molecule has 2 aromatic carbocycles. The van der Waals surface area contributed by atoms with E-state index in [1.165, 1.54) is 5.69 Å². The minimum atomic E-state index is -0.234. The summed E-state index contributed by atoms with van der Waals surface area (Å²) >= 11 is 0. The van der Waals surface area contributed by atoms with Crippen molar-refractivity contribution in [2.75, 3.05) is 57.2 Å². The monoisotopic (exact) mass is 524 g/mol. The number of carbonyl (C=O) groups is 1. The van der Waals surface area contributed by atoms with Crippen molar-refractivity contribution in [2.24, 2.45) is 7.05 Å². The molecule has 0 aliphatic carbocycles. The summed E-state index contributed by atoms with van der Waals surface area (Å²) in [5.41, 5.74) is 5.73. The van der Waals surface area contributed by atoms with Crippen molar-refractivity contribution in [3.8, 4) is 22.8 Å². The Hall–Kier alpha value is -4.50. The summed E-state index contributed by atoms with van der Waals surface area (Å²) in [6, 6.07) is 17.9. The lowest BCUT2D eigenvalue weighted by molar-refractivity contribution is -0.118. The van der Waals surface area contributed by atoms with Crippen molar-refractivity contribution < 1.29 is 14.3 Å². The third-order valence-electron chi connectivity index (χ3n) is 7.34. The van der Waals surface area contributed by atoms with E-state index >= 15 is 0 Å². The van der Waals surface area contributed by atoms with Gasteiger partial charge in [0, 0.05) is 85.1 Å². The number of pyridine rings is 1. The quantitative estimate of drug-likeness (QED) is 0.326. The van der Waals surface area contributed by atoms with E-state index in [0.29, 0.717) is 11.5 Å². The van der Waals surface area contributed by atoms with E-state index in [1.807, 2.05) is 48.0 Å². The van der Waals surface area contributed by atoms with Crippen LogP contribution in [0.1, 0.15) is 0 Å². The molecule has 0 radical (unpaired) electrons. The number of benzene rings is 2. The first-order chi connectivity index (χ1) is 19.0. The Kier molecular flexibility index (Phi) is 6.58. The highest BCUT2D eigenvalue weighted by Gasteiger charge is 2.17. The zero-order valence-corrected chi connectivity index (χ0v) is 22.4. The van der Waals surface area contributed by atoms with Crippen LogP contribution in [0, 0.1) is 0 Å². The number of likely N-dealkylation sites (N-methyl/N-ethyl adjacent to an activating group) is 1. The van der Waals surface area contributed by atoms with Gasteiger partial charge in [-0.2, -0.15) is 0 Å². The highest BCUT2D eigenvalue weighted by molar-refractivity contribution is 5.99. The Morgan fingerprint density at radius 1 is 1.03 bits per heavy atom. The number of fused-ring (bicyclic) bond motifs is 2. The summed E-state index contributed by atoms with van der Waals surface area (Å²) in [4.78, 5) is 25.2. The number of nitrogens with one attached hydrogen (secondary N) is 2. The van der Waals surface area contributed by atoms with Crippen LogP contribution in [0.5, 0.6) is 11.5 Å². The molecule has 1 aliphatic rings. The van der Waals surface area contributed by atoms with Crippen LogP contribution in [0.4, 0.5) is 11.4 Å². The van der Waals surface area contributed by atoms with Gasteiger partial charge in [-0.15, -0.1) is 0 Å². The average molecular weight is 525 g/mol. The number of piperazine rings is 1. The maximum atomic E-state index is 12.7. The van der Waals surface area contributed by atoms with E-state index in [0.717, 1.165) is 65.1 Å². The van der Waals surface area contributed by atoms with Crippen molar-refractivity contribution in [1.29, 1.82) is 0 Å². The average Bonchev–Trinajstić information content (AvgIpc) is 3.53. The first kappa shape index (κ1) is 24.8. The standard InChI is InChI=1S/C30H32N6O3/c1-34-11-13-36(14-12-34)22-8-6-21(7-9-22)32-29(37)19-39-28-17-26-23(16-27(28)38-3)24(18-35(26)2)25-15-20-5-4-10-31-30(20)33-25/h4-10,15-18H,11-14,19H2,1-3H3,(H,31,33)(H,32,37). The van der Waals surface area contributed by atoms with E-state index in [1.54, 1.807) is 13.3 Å². The molecular weight excluding hydrogens is 492 g/mol. The van der Waals surface area contributed by atoms with Gasteiger partial charge in [0.05, 0.1) is 12.6 Å². The molecule has 3 aromatic heterocycles. The number of methoxy groups -OCH3 is 1. The zero-order chi connectivity index (χ0) is 26.9. The number of nitrogens with zero attached hydrogens (tertiary/aromatic N) is 4. The predicted molar refractivity (Wildman–Crippen MR) is 155 cm³/mol. The van der Waals surface area contributed by atoms with Crippen LogP contribution in [-0.4, -0.2) is 72.3 Å². The number of amides is 1. The molecule has 0 bridgehead atoms. The number of anilines is 2. The van der Waals surface area contributed by atoms with Crippen molar-refractivity contribution in [1.82, 2.24) is 19.4 Å². The maximum Gasteiger partial charge on any atom is 0.262 e. The molecule has 2 N–H and O–H groups in total. The van der Waals surface area contributed by atoms with E-state index in [-0.39, 0.29) is 12.5 Å². The minimum absolute atomic E-state index is 0.132. The van der Waals surface area contributed by atoms with Crippen molar-refractivity contribution >= 4 is 39.2 Å². The van der Waals surface area contributed by atoms with Gasteiger partial charge < -0.3 is 34.1 Å². The summed E-state index contributed by atoms with van der Waals surface area (Å²) in [6.45, 7) is 3.98. The fraction of sp³-hybridized carbons (Fsp3) is 0.267. The number of hydrogen-bond donors (Lipinski definition) is 2. The number of hydrogen-bond acceptors (Lipinski definition) is 6. The van der Waals surface area contributed by atoms with Crippen LogP contribution in [0.2, 0.25) is 0 Å². The Bertz CT molecular complexity index is 1600. The SMILES string of the molecule is COc1cc2c(-c3cc4cccnc4[nH]3)cn(C)c2cc1OCC(=O)Nc1ccc(N2CCN(C)CC2)cc1. The largest absolute Gasteiger partial charge is 0.493 e. The number of rotatable bonds is 7. The molecule has 0 atom stereocenters. The van der Waals surface area contributed by atoms with Gasteiger partial charge in [0.1, 0.15) is 5.65 Å². The van der Waals surface area contributed by atoms with Gasteiger partial charge in [0.25, 0.3) is 5.91 Å². The molecule has 1 aliphatic heterocycles. The zero-order valence-electron chi connectivity index (χ0n) is 22.4. The predicted octanol–water partition coefficient (Wildman–Crippen LogP) is 4.50. The molecule has 4 heterocycles. The van der Waals surface area contributed by atoms with E-state index in [9.17, 15) is 4.79 Å². The van der Waals surface area contributed by atoms with Gasteiger partial charge in [0.15, 0.2) is 18.1 Å². The Labute approximate surface area is 226 Å². The summed E-state index contributed by atoms with van der Waals surface area (Å²) in [7, 11) is 5.73. The minimum Gasteiger partial charge on any atom is -0.493 e. The highest BCUT2D eigenvalue weighted by atomic mass is 16.5. The van der Waals surface area contributed by atoms with Crippen molar-refractivity contribution in [3.05, 3.63) is 67.0 Å². The number of H-pyrrole nitrogens is 1. The van der Waals surface area contributed by atoms with E-state index in [4.69, 9.17) is 9.47 Å². The second kappa shape index (κ2) is 10.3. The summed E-state index contributed by atoms with van der Waals surface area (Å²) in [6.07, 6.45) is 3.84. The van der Waals surface area contributed by atoms with Crippen LogP contribution in [0.25, 0.3) is 33.2 Å². The normalized spacial score (nSPS) is 14.2. The number of ether oxygens (including phenoxy) is 2. The van der Waals surface area contributed by atoms with E-state index in [2.05, 4.69) is 56.5 Å². The van der Waals surface area contributed by atoms with Gasteiger partial charge >= 0.3 is 0 Å². The van der Waals surface area contributed by atoms with Crippen molar-refractivity contribution in [3.63, 3.8) is 0 Å². The van der Waals surface area contributed by atoms with Crippen LogP contribution >= 0.6 is 0 Å². The lowest BCUT2D eigenvalue weighted by atomic mass is 10.1. The Morgan fingerprint density at radius 3 is 2.56 bits per heavy atom. The number of carbonyl (C=O) groups excluding carboxylic acids is 1. The van der Waals surface area contributed by atoms with Crippen LogP contribution < -0.4 is 19.7 Å². The fourth-order valence-electron chi connectivity index (χ4n) is 5.14. The van der Waals surface area contributed by atoms with Gasteiger partial charge in [0.2, 0.25) is 0 Å². The molecule has 0 saturated carbocycles. The molecule has 0 spiro atoms. The van der Waals surface area contributed by atoms with Crippen LogP contribution in [-0.2, 0) is 11.8 Å². The van der Waals surface area contributed by atoms with Gasteiger partial charge in [-0.1, -0.05) is 0 Å². The van der Waals surface area contributed by atoms with Gasteiger partial charge in [-0.05, 0) is 55.6 Å². The maximum absolute atomic E-state index is 12.7. The van der Waals surface area contributed by atoms with Crippen LogP contribution in [0.3, 0.4) is 0 Å². The first-order valence-electron chi connectivity index (χ1n) is 13.1.